The first-order valence-electron chi connectivity index (χ1n) is 13.4. The molecular formula is C31H20N4O7S4. The Bertz CT molecular complexity index is 2610. The van der Waals surface area contributed by atoms with Crippen LogP contribution in [0.3, 0.4) is 0 Å². The van der Waals surface area contributed by atoms with Gasteiger partial charge in [-0.25, -0.2) is 9.97 Å². The summed E-state index contributed by atoms with van der Waals surface area (Å²) in [7, 11) is -8.80. The van der Waals surface area contributed by atoms with Gasteiger partial charge in [0.15, 0.2) is 0 Å². The van der Waals surface area contributed by atoms with Gasteiger partial charge in [-0.15, -0.1) is 27.8 Å². The fraction of sp³-hybridized carbons (Fsp3) is 0.0323. The number of aryl methyl sites for hydroxylation is 1. The third kappa shape index (κ3) is 5.53. The van der Waals surface area contributed by atoms with Crippen molar-refractivity contribution in [2.75, 3.05) is 0 Å². The highest BCUT2D eigenvalue weighted by molar-refractivity contribution is 7.86. The van der Waals surface area contributed by atoms with E-state index in [0.29, 0.717) is 37.2 Å². The van der Waals surface area contributed by atoms with E-state index >= 15 is 0 Å². The van der Waals surface area contributed by atoms with Gasteiger partial charge in [-0.2, -0.15) is 21.9 Å². The number of thiazole rings is 2. The van der Waals surface area contributed by atoms with Crippen molar-refractivity contribution in [3.05, 3.63) is 90.5 Å². The number of aromatic nitrogens is 2. The number of aromatic hydroxyl groups is 1. The third-order valence-electron chi connectivity index (χ3n) is 7.22. The van der Waals surface area contributed by atoms with E-state index in [4.69, 9.17) is 4.98 Å². The first-order valence-corrected chi connectivity index (χ1v) is 17.9. The van der Waals surface area contributed by atoms with E-state index in [9.17, 15) is 31.0 Å². The number of fused-ring (bicyclic) bond motifs is 3. The van der Waals surface area contributed by atoms with Crippen LogP contribution in [-0.2, 0) is 20.2 Å². The van der Waals surface area contributed by atoms with Gasteiger partial charge in [0.1, 0.15) is 26.3 Å². The molecule has 0 bridgehead atoms. The van der Waals surface area contributed by atoms with Crippen LogP contribution in [0.15, 0.2) is 105 Å². The van der Waals surface area contributed by atoms with Crippen LogP contribution in [0.2, 0.25) is 0 Å². The average molecular weight is 689 g/mol. The molecule has 0 fully saturated rings. The molecule has 46 heavy (non-hydrogen) atoms. The molecule has 0 aliphatic heterocycles. The summed E-state index contributed by atoms with van der Waals surface area (Å²) in [4.78, 5) is 8.97. The summed E-state index contributed by atoms with van der Waals surface area (Å²) in [6.07, 6.45) is 0. The molecule has 5 aromatic carbocycles. The van der Waals surface area contributed by atoms with E-state index in [1.807, 2.05) is 30.3 Å². The number of nitrogens with zero attached hydrogens (tertiary/aromatic N) is 4. The second kappa shape index (κ2) is 11.0. The van der Waals surface area contributed by atoms with Gasteiger partial charge in [0.25, 0.3) is 20.2 Å². The molecule has 2 aromatic heterocycles. The van der Waals surface area contributed by atoms with Gasteiger partial charge < -0.3 is 5.11 Å². The molecule has 0 amide bonds. The minimum atomic E-state index is -4.42. The monoisotopic (exact) mass is 688 g/mol. The van der Waals surface area contributed by atoms with Gasteiger partial charge >= 0.3 is 0 Å². The van der Waals surface area contributed by atoms with Crippen molar-refractivity contribution < 1.29 is 31.0 Å². The fourth-order valence-corrected chi connectivity index (χ4v) is 8.85. The van der Waals surface area contributed by atoms with Crippen molar-refractivity contribution in [1.29, 1.82) is 0 Å². The van der Waals surface area contributed by atoms with Crippen LogP contribution in [0.4, 0.5) is 11.4 Å². The van der Waals surface area contributed by atoms with Crippen LogP contribution in [-0.4, -0.2) is 41.0 Å². The van der Waals surface area contributed by atoms with Gasteiger partial charge in [-0.3, -0.25) is 9.11 Å². The molecule has 0 saturated carbocycles. The molecule has 0 saturated heterocycles. The van der Waals surface area contributed by atoms with Crippen molar-refractivity contribution in [1.82, 2.24) is 9.97 Å². The molecule has 0 spiro atoms. The Balaban J connectivity index is 1.16. The van der Waals surface area contributed by atoms with Gasteiger partial charge in [0.05, 0.1) is 31.0 Å². The molecule has 15 heteroatoms. The lowest BCUT2D eigenvalue weighted by Gasteiger charge is -2.05. The number of phenolic OH excluding ortho intramolecular Hbond substituents is 1. The van der Waals surface area contributed by atoms with Crippen molar-refractivity contribution in [3.8, 4) is 26.9 Å². The number of benzene rings is 5. The molecule has 7 rings (SSSR count). The Kier molecular flexibility index (Phi) is 7.19. The summed E-state index contributed by atoms with van der Waals surface area (Å²) in [6, 6.07) is 23.1. The Morgan fingerprint density at radius 1 is 0.696 bits per heavy atom. The topological polar surface area (TPSA) is 179 Å². The molecule has 11 nitrogen and oxygen atoms in total. The first kappa shape index (κ1) is 30.0. The Morgan fingerprint density at radius 3 is 2.13 bits per heavy atom. The van der Waals surface area contributed by atoms with Crippen LogP contribution >= 0.6 is 22.7 Å². The Hall–Kier alpha value is -4.64. The van der Waals surface area contributed by atoms with Gasteiger partial charge in [0, 0.05) is 16.5 Å². The average Bonchev–Trinajstić information content (AvgIpc) is 3.63. The number of azo groups is 1. The molecule has 0 unspecified atom stereocenters. The quantitative estimate of drug-likeness (QED) is 0.114. The number of hydrogen-bond donors (Lipinski definition) is 3. The Labute approximate surface area is 269 Å². The lowest BCUT2D eigenvalue weighted by molar-refractivity contribution is 0.477. The molecule has 0 radical (unpaired) electrons. The standard InChI is InChI=1S/C31H20N4O7S4/c1-16-2-11-24-28(29(16)46(40,41)42)44-31(33-24)19-5-12-23-26(15-19)43-30(32-23)17-3-7-20(8-4-17)34-35-27-22-10-9-21(45(37,38)39)14-18(22)6-13-25(27)36/h2-15,36H,1H3,(H,37,38,39)(H,40,41,42). The van der Waals surface area contributed by atoms with Crippen LogP contribution in [0.1, 0.15) is 5.56 Å². The number of rotatable bonds is 6. The van der Waals surface area contributed by atoms with E-state index < -0.39 is 20.2 Å². The maximum absolute atomic E-state index is 12.0. The second-order valence-corrected chi connectivity index (χ2v) is 15.1. The molecule has 0 atom stereocenters. The number of phenols is 1. The van der Waals surface area contributed by atoms with Crippen LogP contribution in [0.25, 0.3) is 52.3 Å². The highest BCUT2D eigenvalue weighted by atomic mass is 32.2. The SMILES string of the molecule is Cc1ccc2nc(-c3ccc4nc(-c5ccc(N=Nc6c(O)ccc7cc(S(=O)(=O)O)ccc67)cc5)sc4c3)sc2c1S(=O)(=O)O. The van der Waals surface area contributed by atoms with E-state index in [2.05, 4.69) is 15.2 Å². The highest BCUT2D eigenvalue weighted by Crippen LogP contribution is 2.40. The van der Waals surface area contributed by atoms with Gasteiger partial charge in [0.2, 0.25) is 0 Å². The summed E-state index contributed by atoms with van der Waals surface area (Å²) >= 11 is 2.68. The van der Waals surface area contributed by atoms with Crippen molar-refractivity contribution >= 4 is 85.5 Å². The zero-order valence-electron chi connectivity index (χ0n) is 23.5. The van der Waals surface area contributed by atoms with E-state index in [1.165, 1.54) is 53.0 Å². The third-order valence-corrected chi connectivity index (χ3v) is 11.4. The molecule has 230 valence electrons. The van der Waals surface area contributed by atoms with E-state index in [0.717, 1.165) is 26.4 Å². The highest BCUT2D eigenvalue weighted by Gasteiger charge is 2.21. The zero-order chi connectivity index (χ0) is 32.4. The van der Waals surface area contributed by atoms with Crippen LogP contribution in [0.5, 0.6) is 5.75 Å². The van der Waals surface area contributed by atoms with E-state index in [-0.39, 0.29) is 21.2 Å². The summed E-state index contributed by atoms with van der Waals surface area (Å²) in [5, 5.41) is 21.2. The maximum Gasteiger partial charge on any atom is 0.296 e. The largest absolute Gasteiger partial charge is 0.506 e. The van der Waals surface area contributed by atoms with Crippen LogP contribution < -0.4 is 0 Å². The van der Waals surface area contributed by atoms with Crippen LogP contribution in [0, 0.1) is 6.92 Å². The number of hydrogen-bond acceptors (Lipinski definition) is 11. The fourth-order valence-electron chi connectivity index (χ4n) is 5.02. The summed E-state index contributed by atoms with van der Waals surface area (Å²) in [5.74, 6) is -0.138. The molecule has 0 aliphatic carbocycles. The molecule has 0 aliphatic rings. The normalized spacial score (nSPS) is 12.6. The predicted octanol–water partition coefficient (Wildman–Crippen LogP) is 8.32. The molecule has 7 aromatic rings. The lowest BCUT2D eigenvalue weighted by atomic mass is 10.1. The smallest absolute Gasteiger partial charge is 0.296 e. The zero-order valence-corrected chi connectivity index (χ0v) is 26.7. The minimum absolute atomic E-state index is 0.124. The second-order valence-electron chi connectivity index (χ2n) is 10.3. The Morgan fingerprint density at radius 2 is 1.39 bits per heavy atom. The lowest BCUT2D eigenvalue weighted by Crippen LogP contribution is -2.00. The van der Waals surface area contributed by atoms with Crippen molar-refractivity contribution in [2.24, 2.45) is 10.2 Å². The van der Waals surface area contributed by atoms with Crippen molar-refractivity contribution in [2.45, 2.75) is 16.7 Å². The minimum Gasteiger partial charge on any atom is -0.506 e. The van der Waals surface area contributed by atoms with Gasteiger partial charge in [-0.05, 0) is 84.6 Å². The summed E-state index contributed by atoms with van der Waals surface area (Å²) < 4.78 is 67.5. The van der Waals surface area contributed by atoms with Gasteiger partial charge in [-0.1, -0.05) is 18.2 Å². The predicted molar refractivity (Wildman–Crippen MR) is 178 cm³/mol. The maximum atomic E-state index is 12.0. The summed E-state index contributed by atoms with van der Waals surface area (Å²) in [5.41, 5.74) is 4.03. The molecular weight excluding hydrogens is 669 g/mol. The molecule has 3 N–H and O–H groups in total. The first-order chi connectivity index (χ1) is 21.8. The summed E-state index contributed by atoms with van der Waals surface area (Å²) in [6.45, 7) is 1.63. The van der Waals surface area contributed by atoms with Crippen molar-refractivity contribution in [3.63, 3.8) is 0 Å². The van der Waals surface area contributed by atoms with E-state index in [1.54, 1.807) is 31.2 Å². The molecule has 2 heterocycles.